The van der Waals surface area contributed by atoms with Gasteiger partial charge in [0.25, 0.3) is 0 Å². The van der Waals surface area contributed by atoms with Crippen LogP contribution >= 0.6 is 11.8 Å². The summed E-state index contributed by atoms with van der Waals surface area (Å²) >= 11 is 2.09. The Kier molecular flexibility index (Phi) is 5.56. The van der Waals surface area contributed by atoms with E-state index in [1.807, 2.05) is 6.08 Å². The maximum atomic E-state index is 8.95. The fourth-order valence-corrected chi connectivity index (χ4v) is 3.50. The van der Waals surface area contributed by atoms with Crippen molar-refractivity contribution in [1.29, 1.82) is 0 Å². The van der Waals surface area contributed by atoms with E-state index in [4.69, 9.17) is 5.11 Å². The highest BCUT2D eigenvalue weighted by molar-refractivity contribution is 7.99. The summed E-state index contributed by atoms with van der Waals surface area (Å²) in [5, 5.41) is 9.73. The van der Waals surface area contributed by atoms with E-state index >= 15 is 0 Å². The Hall–Kier alpha value is 0.0500. The lowest BCUT2D eigenvalue weighted by Gasteiger charge is -2.28. The van der Waals surface area contributed by atoms with Crippen molar-refractivity contribution in [2.24, 2.45) is 5.92 Å². The zero-order chi connectivity index (χ0) is 9.52. The third-order valence-corrected chi connectivity index (χ3v) is 4.28. The molecule has 0 saturated carbocycles. The van der Waals surface area contributed by atoms with E-state index in [1.54, 1.807) is 0 Å². The standard InChI is InChI=1S/C11H20OS/c1-2-5-10(7-8-12)11-6-3-4-9-13-11/h2,10-12H,1,3-9H2. The normalized spacial score (nSPS) is 25.5. The first-order chi connectivity index (χ1) is 6.38. The van der Waals surface area contributed by atoms with Crippen molar-refractivity contribution in [3.63, 3.8) is 0 Å². The number of allylic oxidation sites excluding steroid dienone is 1. The van der Waals surface area contributed by atoms with Gasteiger partial charge in [0.1, 0.15) is 0 Å². The van der Waals surface area contributed by atoms with Crippen LogP contribution in [0.25, 0.3) is 0 Å². The molecule has 2 unspecified atom stereocenters. The molecule has 1 aliphatic rings. The molecular weight excluding hydrogens is 180 g/mol. The zero-order valence-corrected chi connectivity index (χ0v) is 9.06. The van der Waals surface area contributed by atoms with Gasteiger partial charge in [-0.05, 0) is 37.4 Å². The van der Waals surface area contributed by atoms with Crippen LogP contribution in [0.4, 0.5) is 0 Å². The summed E-state index contributed by atoms with van der Waals surface area (Å²) in [4.78, 5) is 0. The Bertz CT molecular complexity index is 141. The van der Waals surface area contributed by atoms with Gasteiger partial charge in [-0.15, -0.1) is 6.58 Å². The molecule has 1 N–H and O–H groups in total. The first-order valence-electron chi connectivity index (χ1n) is 5.22. The number of hydrogen-bond donors (Lipinski definition) is 1. The van der Waals surface area contributed by atoms with E-state index in [0.29, 0.717) is 12.5 Å². The van der Waals surface area contributed by atoms with Crippen molar-refractivity contribution in [2.75, 3.05) is 12.4 Å². The van der Waals surface area contributed by atoms with Crippen LogP contribution in [-0.2, 0) is 0 Å². The average Bonchev–Trinajstić information content (AvgIpc) is 2.19. The molecule has 0 radical (unpaired) electrons. The number of aliphatic hydroxyl groups is 1. The molecule has 1 heterocycles. The van der Waals surface area contributed by atoms with Crippen LogP contribution in [-0.4, -0.2) is 22.7 Å². The summed E-state index contributed by atoms with van der Waals surface area (Å²) < 4.78 is 0. The molecule has 1 nitrogen and oxygen atoms in total. The second-order valence-electron chi connectivity index (χ2n) is 3.70. The minimum absolute atomic E-state index is 0.329. The summed E-state index contributed by atoms with van der Waals surface area (Å²) in [6.45, 7) is 4.12. The minimum atomic E-state index is 0.329. The predicted molar refractivity (Wildman–Crippen MR) is 60.1 cm³/mol. The SMILES string of the molecule is C=CCC(CCO)C1CCCCS1. The van der Waals surface area contributed by atoms with E-state index in [1.165, 1.54) is 25.0 Å². The first kappa shape index (κ1) is 11.1. The molecule has 0 spiro atoms. The number of rotatable bonds is 5. The number of hydrogen-bond acceptors (Lipinski definition) is 2. The molecule has 2 heteroatoms. The van der Waals surface area contributed by atoms with Crippen LogP contribution in [0, 0.1) is 5.92 Å². The molecule has 0 aliphatic carbocycles. The Morgan fingerprint density at radius 2 is 2.38 bits per heavy atom. The molecule has 0 amide bonds. The Morgan fingerprint density at radius 3 is 2.92 bits per heavy atom. The first-order valence-corrected chi connectivity index (χ1v) is 6.26. The van der Waals surface area contributed by atoms with Gasteiger partial charge in [0.15, 0.2) is 0 Å². The highest BCUT2D eigenvalue weighted by Crippen LogP contribution is 2.33. The molecule has 1 fully saturated rings. The largest absolute Gasteiger partial charge is 0.396 e. The van der Waals surface area contributed by atoms with Gasteiger partial charge >= 0.3 is 0 Å². The van der Waals surface area contributed by atoms with Crippen LogP contribution in [0.2, 0.25) is 0 Å². The van der Waals surface area contributed by atoms with Crippen molar-refractivity contribution < 1.29 is 5.11 Å². The highest BCUT2D eigenvalue weighted by atomic mass is 32.2. The monoisotopic (exact) mass is 200 g/mol. The maximum absolute atomic E-state index is 8.95. The van der Waals surface area contributed by atoms with Crippen molar-refractivity contribution in [3.8, 4) is 0 Å². The molecule has 1 aliphatic heterocycles. The van der Waals surface area contributed by atoms with Gasteiger partial charge in [-0.2, -0.15) is 11.8 Å². The molecule has 1 rings (SSSR count). The lowest BCUT2D eigenvalue weighted by molar-refractivity contribution is 0.252. The molecular formula is C11H20OS. The van der Waals surface area contributed by atoms with Gasteiger partial charge in [0, 0.05) is 11.9 Å². The average molecular weight is 200 g/mol. The van der Waals surface area contributed by atoms with Gasteiger partial charge in [0.2, 0.25) is 0 Å². The molecule has 0 bridgehead atoms. The smallest absolute Gasteiger partial charge is 0.0434 e. The third-order valence-electron chi connectivity index (χ3n) is 2.71. The van der Waals surface area contributed by atoms with E-state index in [0.717, 1.165) is 18.1 Å². The second-order valence-corrected chi connectivity index (χ2v) is 5.05. The minimum Gasteiger partial charge on any atom is -0.396 e. The third kappa shape index (κ3) is 3.74. The van der Waals surface area contributed by atoms with Crippen LogP contribution in [0.5, 0.6) is 0 Å². The van der Waals surface area contributed by atoms with Gasteiger partial charge in [0.05, 0.1) is 0 Å². The van der Waals surface area contributed by atoms with Gasteiger partial charge in [-0.3, -0.25) is 0 Å². The Morgan fingerprint density at radius 1 is 1.54 bits per heavy atom. The second kappa shape index (κ2) is 6.50. The topological polar surface area (TPSA) is 20.2 Å². The van der Waals surface area contributed by atoms with E-state index < -0.39 is 0 Å². The predicted octanol–water partition coefficient (Wildman–Crippen LogP) is 2.85. The summed E-state index contributed by atoms with van der Waals surface area (Å²) in [5.74, 6) is 1.97. The quantitative estimate of drug-likeness (QED) is 0.689. The van der Waals surface area contributed by atoms with E-state index in [9.17, 15) is 0 Å². The van der Waals surface area contributed by atoms with Crippen LogP contribution in [0.15, 0.2) is 12.7 Å². The van der Waals surface area contributed by atoms with E-state index in [-0.39, 0.29) is 0 Å². The van der Waals surface area contributed by atoms with Crippen LogP contribution in [0.3, 0.4) is 0 Å². The lowest BCUT2D eigenvalue weighted by atomic mass is 9.94. The summed E-state index contributed by atoms with van der Waals surface area (Å²) in [6, 6.07) is 0. The van der Waals surface area contributed by atoms with Crippen molar-refractivity contribution >= 4 is 11.8 Å². The summed E-state index contributed by atoms with van der Waals surface area (Å²) in [7, 11) is 0. The summed E-state index contributed by atoms with van der Waals surface area (Å²) in [5.41, 5.74) is 0. The summed E-state index contributed by atoms with van der Waals surface area (Å²) in [6.07, 6.45) is 8.10. The molecule has 76 valence electrons. The van der Waals surface area contributed by atoms with Gasteiger partial charge < -0.3 is 5.11 Å². The zero-order valence-electron chi connectivity index (χ0n) is 8.24. The Labute approximate surface area is 85.6 Å². The van der Waals surface area contributed by atoms with E-state index in [2.05, 4.69) is 18.3 Å². The Balaban J connectivity index is 2.36. The molecule has 0 aromatic carbocycles. The molecule has 1 saturated heterocycles. The fraction of sp³-hybridized carbons (Fsp3) is 0.818. The molecule has 2 atom stereocenters. The van der Waals surface area contributed by atoms with Crippen LogP contribution in [0.1, 0.15) is 32.1 Å². The van der Waals surface area contributed by atoms with Crippen LogP contribution < -0.4 is 0 Å². The van der Waals surface area contributed by atoms with Crippen molar-refractivity contribution in [2.45, 2.75) is 37.4 Å². The fourth-order valence-electron chi connectivity index (χ4n) is 1.97. The molecule has 0 aromatic rings. The highest BCUT2D eigenvalue weighted by Gasteiger charge is 2.22. The van der Waals surface area contributed by atoms with Gasteiger partial charge in [-0.1, -0.05) is 12.5 Å². The van der Waals surface area contributed by atoms with Crippen molar-refractivity contribution in [3.05, 3.63) is 12.7 Å². The lowest BCUT2D eigenvalue weighted by Crippen LogP contribution is -2.21. The number of thioether (sulfide) groups is 1. The molecule has 13 heavy (non-hydrogen) atoms. The molecule has 0 aromatic heterocycles. The van der Waals surface area contributed by atoms with Crippen molar-refractivity contribution in [1.82, 2.24) is 0 Å². The van der Waals surface area contributed by atoms with Gasteiger partial charge in [-0.25, -0.2) is 0 Å². The maximum Gasteiger partial charge on any atom is 0.0434 e. The number of aliphatic hydroxyl groups excluding tert-OH is 1.